The number of rotatable bonds is 10. The molecule has 2 fully saturated rings. The average Bonchev–Trinajstić information content (AvgIpc) is 3.68. The Hall–Kier alpha value is -4.37. The maximum atomic E-state index is 14.3. The first-order valence-corrected chi connectivity index (χ1v) is 17.2. The smallest absolute Gasteiger partial charge is 0.399 e. The molecule has 0 saturated carbocycles. The highest BCUT2D eigenvalue weighted by atomic mass is 31.2. The minimum Gasteiger partial charge on any atom is -0.491 e. The summed E-state index contributed by atoms with van der Waals surface area (Å²) in [5, 5.41) is 2.73. The van der Waals surface area contributed by atoms with Crippen molar-refractivity contribution >= 4 is 47.8 Å². The number of aromatic nitrogens is 1. The van der Waals surface area contributed by atoms with E-state index in [0.29, 0.717) is 50.5 Å². The number of halogens is 2. The molecule has 17 heteroatoms. The van der Waals surface area contributed by atoms with E-state index >= 15 is 0 Å². The molecule has 264 valence electrons. The van der Waals surface area contributed by atoms with Crippen molar-refractivity contribution in [2.75, 3.05) is 45.4 Å². The first-order valence-electron chi connectivity index (χ1n) is 15.6. The molecule has 14 nitrogen and oxygen atoms in total. The number of methoxy groups -OCH3 is 1. The van der Waals surface area contributed by atoms with Crippen molar-refractivity contribution in [3.8, 4) is 5.75 Å². The largest absolute Gasteiger partial charge is 0.491 e. The van der Waals surface area contributed by atoms with Crippen LogP contribution in [-0.2, 0) is 29.3 Å². The highest BCUT2D eigenvalue weighted by molar-refractivity contribution is 7.52. The van der Waals surface area contributed by atoms with Crippen LogP contribution in [-0.4, -0.2) is 107 Å². The van der Waals surface area contributed by atoms with Gasteiger partial charge in [-0.1, -0.05) is 6.07 Å². The van der Waals surface area contributed by atoms with E-state index in [-0.39, 0.29) is 41.0 Å². The molecule has 0 bridgehead atoms. The molecule has 2 aromatic carbocycles. The number of nitrogens with zero attached hydrogens (tertiary/aromatic N) is 3. The summed E-state index contributed by atoms with van der Waals surface area (Å²) in [4.78, 5) is 79.4. The quantitative estimate of drug-likeness (QED) is 0.182. The van der Waals surface area contributed by atoms with Gasteiger partial charge in [0.25, 0.3) is 5.91 Å². The van der Waals surface area contributed by atoms with Crippen molar-refractivity contribution < 1.29 is 51.8 Å². The summed E-state index contributed by atoms with van der Waals surface area (Å²) in [7, 11) is -2.64. The molecule has 2 saturated heterocycles. The summed E-state index contributed by atoms with van der Waals surface area (Å²) in [5.41, 5.74) is -4.68. The van der Waals surface area contributed by atoms with Crippen molar-refractivity contribution in [1.29, 1.82) is 0 Å². The number of ether oxygens (including phenoxy) is 2. The fourth-order valence-corrected chi connectivity index (χ4v) is 6.69. The molecular formula is C32H38F2N5O9P. The van der Waals surface area contributed by atoms with Crippen molar-refractivity contribution in [3.63, 3.8) is 0 Å². The van der Waals surface area contributed by atoms with Gasteiger partial charge in [-0.05, 0) is 61.7 Å². The number of H-pyrrole nitrogens is 1. The number of fused-ring (bicyclic) bond motifs is 2. The summed E-state index contributed by atoms with van der Waals surface area (Å²) in [5.74, 6) is -1.36. The van der Waals surface area contributed by atoms with Gasteiger partial charge < -0.3 is 44.3 Å². The second kappa shape index (κ2) is 14.2. The van der Waals surface area contributed by atoms with Gasteiger partial charge in [-0.25, -0.2) is 0 Å². The Balaban J connectivity index is 1.37. The molecule has 0 spiro atoms. The predicted molar refractivity (Wildman–Crippen MR) is 173 cm³/mol. The molecular weight excluding hydrogens is 667 g/mol. The molecule has 0 unspecified atom stereocenters. The zero-order chi connectivity index (χ0) is 35.7. The van der Waals surface area contributed by atoms with E-state index in [0.717, 1.165) is 18.2 Å². The SMILES string of the molecule is COCCOc1ccc(N(C)C(=O)[C@@H]2CC[C@@H]3CCN(C(C)=O)C[C@H](NC(=O)c4cc5cc(C(F)(F)P(=O)(O)O)ccc5[nH]4)C(=O)N32)cc1. The minimum absolute atomic E-state index is 0.0769. The fourth-order valence-electron chi connectivity index (χ4n) is 6.22. The van der Waals surface area contributed by atoms with E-state index in [4.69, 9.17) is 19.3 Å². The molecule has 3 aromatic rings. The van der Waals surface area contributed by atoms with Gasteiger partial charge in [0.05, 0.1) is 6.61 Å². The molecule has 5 rings (SSSR count). The standard InChI is InChI=1S/C32H38F2N5O9P/c1-19(40)38-13-12-23-7-11-28(31(43)37(2)22-5-8-24(9-6-22)48-15-14-47-3)39(23)30(42)27(18-38)36-29(41)26-17-20-16-21(4-10-25(20)35-26)32(33,34)49(44,45)46/h4-6,8-10,16-17,23,27-28,35H,7,11-15,18H2,1-3H3,(H,36,41)(H2,44,45,46)/t23-,27+,28+/m1/s1. The number of hydrogen-bond donors (Lipinski definition) is 4. The molecule has 3 atom stereocenters. The van der Waals surface area contributed by atoms with Crippen LogP contribution in [0.25, 0.3) is 10.9 Å². The normalized spacial score (nSPS) is 20.1. The van der Waals surface area contributed by atoms with Gasteiger partial charge in [-0.3, -0.25) is 23.7 Å². The summed E-state index contributed by atoms with van der Waals surface area (Å²) < 4.78 is 50.6. The molecule has 4 amide bonds. The van der Waals surface area contributed by atoms with Gasteiger partial charge in [-0.15, -0.1) is 0 Å². The van der Waals surface area contributed by atoms with Crippen LogP contribution in [0.2, 0.25) is 0 Å². The fraction of sp³-hybridized carbons (Fsp3) is 0.438. The minimum atomic E-state index is -5.82. The second-order valence-electron chi connectivity index (χ2n) is 12.1. The molecule has 3 heterocycles. The molecule has 0 radical (unpaired) electrons. The molecule has 49 heavy (non-hydrogen) atoms. The van der Waals surface area contributed by atoms with E-state index in [1.807, 2.05) is 0 Å². The van der Waals surface area contributed by atoms with E-state index in [1.165, 1.54) is 27.7 Å². The lowest BCUT2D eigenvalue weighted by atomic mass is 10.1. The lowest BCUT2D eigenvalue weighted by Gasteiger charge is -2.39. The summed E-state index contributed by atoms with van der Waals surface area (Å²) in [6.45, 7) is 2.27. The van der Waals surface area contributed by atoms with Crippen LogP contribution in [0.15, 0.2) is 48.5 Å². The number of amides is 4. The summed E-state index contributed by atoms with van der Waals surface area (Å²) in [6, 6.07) is 8.55. The summed E-state index contributed by atoms with van der Waals surface area (Å²) >= 11 is 0. The van der Waals surface area contributed by atoms with Gasteiger partial charge in [0, 0.05) is 62.4 Å². The average molecular weight is 706 g/mol. The van der Waals surface area contributed by atoms with Gasteiger partial charge in [-0.2, -0.15) is 8.78 Å². The van der Waals surface area contributed by atoms with Crippen molar-refractivity contribution in [2.24, 2.45) is 0 Å². The first kappa shape index (κ1) is 35.9. The first-order chi connectivity index (χ1) is 23.1. The maximum Gasteiger partial charge on any atom is 0.399 e. The number of alkyl halides is 2. The van der Waals surface area contributed by atoms with Crippen molar-refractivity contribution in [1.82, 2.24) is 20.1 Å². The number of carbonyl (C=O) groups is 4. The highest BCUT2D eigenvalue weighted by Gasteiger charge is 2.50. The van der Waals surface area contributed by atoms with Gasteiger partial charge in [0.15, 0.2) is 0 Å². The molecule has 4 N–H and O–H groups in total. The van der Waals surface area contributed by atoms with E-state index in [1.54, 1.807) is 38.4 Å². The third-order valence-corrected chi connectivity index (χ3v) is 9.91. The van der Waals surface area contributed by atoms with Gasteiger partial charge >= 0.3 is 13.3 Å². The molecule has 1 aromatic heterocycles. The monoisotopic (exact) mass is 705 g/mol. The van der Waals surface area contributed by atoms with Crippen LogP contribution in [0.5, 0.6) is 5.75 Å². The van der Waals surface area contributed by atoms with E-state index < -0.39 is 42.7 Å². The predicted octanol–water partition coefficient (Wildman–Crippen LogP) is 2.79. The van der Waals surface area contributed by atoms with E-state index in [9.17, 15) is 32.5 Å². The van der Waals surface area contributed by atoms with Crippen molar-refractivity contribution in [2.45, 2.75) is 50.0 Å². The van der Waals surface area contributed by atoms with Gasteiger partial charge in [0.2, 0.25) is 17.7 Å². The van der Waals surface area contributed by atoms with Crippen LogP contribution in [0.4, 0.5) is 14.5 Å². The lowest BCUT2D eigenvalue weighted by molar-refractivity contribution is -0.144. The Bertz CT molecular complexity index is 1780. The van der Waals surface area contributed by atoms with Crippen LogP contribution < -0.4 is 15.0 Å². The number of benzene rings is 2. The van der Waals surface area contributed by atoms with Crippen LogP contribution >= 0.6 is 7.60 Å². The molecule has 2 aliphatic heterocycles. The zero-order valence-electron chi connectivity index (χ0n) is 27.1. The number of aromatic amines is 1. The van der Waals surface area contributed by atoms with Crippen LogP contribution in [0.1, 0.15) is 42.2 Å². The molecule has 0 aliphatic carbocycles. The highest BCUT2D eigenvalue weighted by Crippen LogP contribution is 2.59. The zero-order valence-corrected chi connectivity index (χ0v) is 28.0. The molecule has 2 aliphatic rings. The number of anilines is 1. The Morgan fingerprint density at radius 1 is 1.08 bits per heavy atom. The Morgan fingerprint density at radius 3 is 2.45 bits per heavy atom. The Kier molecular flexibility index (Phi) is 10.4. The van der Waals surface area contributed by atoms with Crippen molar-refractivity contribution in [3.05, 3.63) is 59.8 Å². The number of carbonyl (C=O) groups excluding carboxylic acids is 4. The van der Waals surface area contributed by atoms with Gasteiger partial charge in [0.1, 0.15) is 30.1 Å². The third kappa shape index (κ3) is 7.47. The maximum absolute atomic E-state index is 14.3. The second-order valence-corrected chi connectivity index (χ2v) is 13.7. The Labute approximate surface area is 280 Å². The van der Waals surface area contributed by atoms with Crippen LogP contribution in [0, 0.1) is 0 Å². The topological polar surface area (TPSA) is 182 Å². The number of nitrogens with one attached hydrogen (secondary N) is 2. The number of likely N-dealkylation sites (N-methyl/N-ethyl adjacent to an activating group) is 1. The lowest BCUT2D eigenvalue weighted by Crippen LogP contribution is -2.61. The summed E-state index contributed by atoms with van der Waals surface area (Å²) in [6.07, 6.45) is 1.33. The Morgan fingerprint density at radius 2 is 1.80 bits per heavy atom. The van der Waals surface area contributed by atoms with E-state index in [2.05, 4.69) is 10.3 Å². The van der Waals surface area contributed by atoms with Crippen LogP contribution in [0.3, 0.4) is 0 Å². The number of hydrogen-bond acceptors (Lipinski definition) is 7. The third-order valence-electron chi connectivity index (χ3n) is 8.92.